The van der Waals surface area contributed by atoms with Gasteiger partial charge < -0.3 is 14.2 Å². The Hall–Kier alpha value is -2.22. The second kappa shape index (κ2) is 5.65. The molecule has 0 N–H and O–H groups in total. The number of fused-ring (bicyclic) bond motifs is 1. The van der Waals surface area contributed by atoms with Gasteiger partial charge in [0.05, 0.1) is 20.0 Å². The summed E-state index contributed by atoms with van der Waals surface area (Å²) >= 11 is 1.39. The van der Waals surface area contributed by atoms with E-state index < -0.39 is 0 Å². The molecule has 21 heavy (non-hydrogen) atoms. The molecule has 0 aliphatic heterocycles. The predicted molar refractivity (Wildman–Crippen MR) is 81.8 cm³/mol. The summed E-state index contributed by atoms with van der Waals surface area (Å²) in [6.45, 7) is 3.55. The van der Waals surface area contributed by atoms with Gasteiger partial charge in [0.15, 0.2) is 17.0 Å². The minimum atomic E-state index is 0.658. The first-order chi connectivity index (χ1) is 10.2. The Kier molecular flexibility index (Phi) is 3.70. The van der Waals surface area contributed by atoms with Crippen LogP contribution in [0, 0.1) is 0 Å². The summed E-state index contributed by atoms with van der Waals surface area (Å²) in [5.41, 5.74) is 2.69. The molecule has 0 saturated heterocycles. The number of hydrogen-bond donors (Lipinski definition) is 0. The smallest absolute Gasteiger partial charge is 0.229 e. The van der Waals surface area contributed by atoms with Gasteiger partial charge in [0.1, 0.15) is 6.33 Å². The lowest BCUT2D eigenvalue weighted by Crippen LogP contribution is -2.18. The zero-order chi connectivity index (χ0) is 14.8. The molecule has 0 fully saturated rings. The molecule has 110 valence electrons. The molecule has 0 aromatic carbocycles. The van der Waals surface area contributed by atoms with Crippen LogP contribution in [0.4, 0.5) is 5.82 Å². The molecular weight excluding hydrogens is 288 g/mol. The third-order valence-corrected chi connectivity index (χ3v) is 3.95. The summed E-state index contributed by atoms with van der Waals surface area (Å²) in [5, 5.41) is 1.98. The van der Waals surface area contributed by atoms with E-state index in [1.54, 1.807) is 19.8 Å². The van der Waals surface area contributed by atoms with Crippen molar-refractivity contribution in [3.05, 3.63) is 23.6 Å². The highest BCUT2D eigenvalue weighted by Crippen LogP contribution is 2.25. The lowest BCUT2D eigenvalue weighted by Gasteiger charge is -2.17. The highest BCUT2D eigenvalue weighted by Gasteiger charge is 2.15. The van der Waals surface area contributed by atoms with Crippen LogP contribution in [0.2, 0.25) is 0 Å². The number of aryl methyl sites for hydroxylation is 1. The van der Waals surface area contributed by atoms with Crippen LogP contribution < -0.4 is 9.64 Å². The largest absolute Gasteiger partial charge is 0.480 e. The fourth-order valence-corrected chi connectivity index (χ4v) is 2.87. The zero-order valence-corrected chi connectivity index (χ0v) is 13.0. The highest BCUT2D eigenvalue weighted by molar-refractivity contribution is 7.03. The number of rotatable bonds is 5. The minimum absolute atomic E-state index is 0.658. The number of nitrogens with zero attached hydrogens (tertiary/aromatic N) is 6. The highest BCUT2D eigenvalue weighted by atomic mass is 32.1. The number of anilines is 1. The summed E-state index contributed by atoms with van der Waals surface area (Å²) in [6.07, 6.45) is 3.37. The van der Waals surface area contributed by atoms with Gasteiger partial charge in [0.2, 0.25) is 5.88 Å². The van der Waals surface area contributed by atoms with E-state index in [1.807, 2.05) is 21.9 Å². The number of ether oxygens (including phenoxy) is 1. The molecule has 3 heterocycles. The Morgan fingerprint density at radius 3 is 2.95 bits per heavy atom. The van der Waals surface area contributed by atoms with E-state index in [0.29, 0.717) is 12.4 Å². The standard InChI is InChI=1S/C13H16N6OS/c1-4-19-8-16-10-11(14-7-15-12(10)19)18(2)5-9-6-21-17-13(9)20-3/h6-8H,4-5H2,1-3H3. The van der Waals surface area contributed by atoms with Crippen molar-refractivity contribution in [1.82, 2.24) is 23.9 Å². The Bertz CT molecular complexity index is 752. The molecule has 0 amide bonds. The zero-order valence-electron chi connectivity index (χ0n) is 12.1. The summed E-state index contributed by atoms with van der Waals surface area (Å²) < 4.78 is 11.5. The average molecular weight is 304 g/mol. The third kappa shape index (κ3) is 2.42. The molecule has 0 radical (unpaired) electrons. The van der Waals surface area contributed by atoms with Crippen LogP contribution >= 0.6 is 11.5 Å². The van der Waals surface area contributed by atoms with Crippen LogP contribution in [0.25, 0.3) is 11.2 Å². The van der Waals surface area contributed by atoms with E-state index in [0.717, 1.165) is 29.1 Å². The molecule has 3 rings (SSSR count). The second-order valence-corrected chi connectivity index (χ2v) is 5.23. The van der Waals surface area contributed by atoms with Gasteiger partial charge in [-0.25, -0.2) is 15.0 Å². The van der Waals surface area contributed by atoms with Crippen molar-refractivity contribution in [1.29, 1.82) is 0 Å². The number of hydrogen-bond acceptors (Lipinski definition) is 7. The Morgan fingerprint density at radius 2 is 2.19 bits per heavy atom. The molecule has 0 spiro atoms. The van der Waals surface area contributed by atoms with Crippen molar-refractivity contribution >= 4 is 28.5 Å². The summed E-state index contributed by atoms with van der Waals surface area (Å²) in [6, 6.07) is 0. The van der Waals surface area contributed by atoms with Crippen LogP contribution in [-0.2, 0) is 13.1 Å². The van der Waals surface area contributed by atoms with Crippen molar-refractivity contribution < 1.29 is 4.74 Å². The molecule has 0 bridgehead atoms. The normalized spacial score (nSPS) is 11.0. The van der Waals surface area contributed by atoms with E-state index in [1.165, 1.54) is 11.5 Å². The van der Waals surface area contributed by atoms with Gasteiger partial charge in [-0.3, -0.25) is 0 Å². The maximum Gasteiger partial charge on any atom is 0.229 e. The number of methoxy groups -OCH3 is 1. The van der Waals surface area contributed by atoms with Gasteiger partial charge in [-0.15, -0.1) is 0 Å². The monoisotopic (exact) mass is 304 g/mol. The molecule has 7 nitrogen and oxygen atoms in total. The van der Waals surface area contributed by atoms with Gasteiger partial charge in [-0.05, 0) is 18.5 Å². The molecule has 0 atom stereocenters. The van der Waals surface area contributed by atoms with E-state index in [4.69, 9.17) is 4.74 Å². The third-order valence-electron chi connectivity index (χ3n) is 3.29. The maximum absolute atomic E-state index is 5.25. The summed E-state index contributed by atoms with van der Waals surface area (Å²) in [7, 11) is 3.61. The predicted octanol–water partition coefficient (Wildman–Crippen LogP) is 1.95. The van der Waals surface area contributed by atoms with E-state index in [-0.39, 0.29) is 0 Å². The molecule has 0 unspecified atom stereocenters. The van der Waals surface area contributed by atoms with Crippen LogP contribution in [0.15, 0.2) is 18.0 Å². The van der Waals surface area contributed by atoms with Gasteiger partial charge in [0.25, 0.3) is 0 Å². The molecular formula is C13H16N6OS. The van der Waals surface area contributed by atoms with Crippen LogP contribution in [0.1, 0.15) is 12.5 Å². The molecule has 0 aliphatic carbocycles. The van der Waals surface area contributed by atoms with Crippen LogP contribution in [0.5, 0.6) is 5.88 Å². The van der Waals surface area contributed by atoms with Crippen molar-refractivity contribution in [2.75, 3.05) is 19.1 Å². The van der Waals surface area contributed by atoms with Gasteiger partial charge in [0, 0.05) is 24.5 Å². The van der Waals surface area contributed by atoms with Crippen molar-refractivity contribution in [2.45, 2.75) is 20.0 Å². The average Bonchev–Trinajstić information content (AvgIpc) is 3.12. The Labute approximate surface area is 126 Å². The van der Waals surface area contributed by atoms with Gasteiger partial charge in [-0.1, -0.05) is 0 Å². The first kappa shape index (κ1) is 13.7. The lowest BCUT2D eigenvalue weighted by atomic mass is 10.3. The molecule has 3 aromatic heterocycles. The van der Waals surface area contributed by atoms with Crippen LogP contribution in [0.3, 0.4) is 0 Å². The second-order valence-electron chi connectivity index (χ2n) is 4.61. The molecule has 3 aromatic rings. The molecule has 0 aliphatic rings. The van der Waals surface area contributed by atoms with Crippen molar-refractivity contribution in [2.24, 2.45) is 0 Å². The fraction of sp³-hybridized carbons (Fsp3) is 0.385. The maximum atomic E-state index is 5.25. The quantitative estimate of drug-likeness (QED) is 0.717. The van der Waals surface area contributed by atoms with E-state index in [2.05, 4.69) is 26.2 Å². The van der Waals surface area contributed by atoms with Crippen molar-refractivity contribution in [3.63, 3.8) is 0 Å². The van der Waals surface area contributed by atoms with E-state index >= 15 is 0 Å². The minimum Gasteiger partial charge on any atom is -0.480 e. The lowest BCUT2D eigenvalue weighted by molar-refractivity contribution is 0.397. The first-order valence-corrected chi connectivity index (χ1v) is 7.42. The summed E-state index contributed by atoms with van der Waals surface area (Å²) in [5.74, 6) is 1.47. The Morgan fingerprint density at radius 1 is 1.33 bits per heavy atom. The van der Waals surface area contributed by atoms with Gasteiger partial charge >= 0.3 is 0 Å². The van der Waals surface area contributed by atoms with E-state index in [9.17, 15) is 0 Å². The van der Waals surface area contributed by atoms with Gasteiger partial charge in [-0.2, -0.15) is 4.37 Å². The SMILES string of the molecule is CCn1cnc2c(N(C)Cc3csnc3OC)ncnc21. The fourth-order valence-electron chi connectivity index (χ4n) is 2.23. The topological polar surface area (TPSA) is 69.0 Å². The number of aromatic nitrogens is 5. The van der Waals surface area contributed by atoms with Crippen molar-refractivity contribution in [3.8, 4) is 5.88 Å². The summed E-state index contributed by atoms with van der Waals surface area (Å²) in [4.78, 5) is 15.2. The Balaban J connectivity index is 1.94. The molecule has 8 heteroatoms. The van der Waals surface area contributed by atoms with Crippen LogP contribution in [-0.4, -0.2) is 38.1 Å². The number of imidazole rings is 1. The first-order valence-electron chi connectivity index (χ1n) is 6.58. The molecule has 0 saturated carbocycles.